The fourth-order valence-electron chi connectivity index (χ4n) is 7.38. The van der Waals surface area contributed by atoms with Crippen molar-refractivity contribution in [1.82, 2.24) is 0 Å². The van der Waals surface area contributed by atoms with Crippen LogP contribution in [0, 0.1) is 40.4 Å². The predicted octanol–water partition coefficient (Wildman–Crippen LogP) is 4.42. The van der Waals surface area contributed by atoms with Crippen molar-refractivity contribution in [2.75, 3.05) is 0 Å². The molecule has 0 radical (unpaired) electrons. The van der Waals surface area contributed by atoms with E-state index in [1.807, 2.05) is 0 Å². The van der Waals surface area contributed by atoms with Crippen molar-refractivity contribution in [1.29, 1.82) is 0 Å². The molecule has 0 aliphatic heterocycles. The van der Waals surface area contributed by atoms with Crippen LogP contribution in [-0.2, 0) is 19.4 Å². The molecule has 0 aromatic rings. The molecule has 0 bridgehead atoms. The van der Waals surface area contributed by atoms with E-state index < -0.39 is 22.9 Å². The van der Waals surface area contributed by atoms with Crippen LogP contribution in [0.3, 0.4) is 0 Å². The first-order valence-corrected chi connectivity index (χ1v) is 11.7. The van der Waals surface area contributed by atoms with Crippen LogP contribution in [0.1, 0.15) is 82.6 Å². The predicted molar refractivity (Wildman–Crippen MR) is 102 cm³/mol. The quantitative estimate of drug-likeness (QED) is 0.708. The lowest BCUT2D eigenvalue weighted by atomic mass is 9.44. The molecule has 154 valence electrons. The molecule has 0 amide bonds. The summed E-state index contributed by atoms with van der Waals surface area (Å²) < 4.78 is 63.0. The van der Waals surface area contributed by atoms with Crippen molar-refractivity contribution in [2.24, 2.45) is 40.4 Å². The minimum Gasteiger partial charge on any atom is -0.300 e. The van der Waals surface area contributed by atoms with E-state index in [4.69, 9.17) is 12.8 Å². The van der Waals surface area contributed by atoms with E-state index in [0.29, 0.717) is 18.8 Å². The molecule has 0 saturated heterocycles. The summed E-state index contributed by atoms with van der Waals surface area (Å²) >= 11 is 0. The molecule has 0 unspecified atom stereocenters. The van der Waals surface area contributed by atoms with Gasteiger partial charge in [0.15, 0.2) is 0 Å². The van der Waals surface area contributed by atoms with Crippen LogP contribution in [-0.4, -0.2) is 24.8 Å². The molecule has 27 heavy (non-hydrogen) atoms. The zero-order valence-corrected chi connectivity index (χ0v) is 17.3. The van der Waals surface area contributed by atoms with Crippen LogP contribution in [0.5, 0.6) is 0 Å². The van der Waals surface area contributed by atoms with Crippen LogP contribution in [0.2, 0.25) is 0 Å². The highest BCUT2D eigenvalue weighted by atomic mass is 32.3. The highest BCUT2D eigenvalue weighted by Gasteiger charge is 2.60. The summed E-state index contributed by atoms with van der Waals surface area (Å²) in [6, 6.07) is 0. The van der Waals surface area contributed by atoms with Gasteiger partial charge in [0, 0.05) is 8.66 Å². The highest BCUT2D eigenvalue weighted by Crippen LogP contribution is 2.67. The van der Waals surface area contributed by atoms with Gasteiger partial charge in [-0.15, -0.1) is 0 Å². The Morgan fingerprint density at radius 2 is 1.85 bits per heavy atom. The minimum atomic E-state index is -4.71. The van der Waals surface area contributed by atoms with E-state index in [0.717, 1.165) is 25.7 Å². The fourth-order valence-corrected chi connectivity index (χ4v) is 7.82. The third-order valence-corrected chi connectivity index (χ3v) is 9.13. The van der Waals surface area contributed by atoms with E-state index in [9.17, 15) is 13.2 Å². The summed E-state index contributed by atoms with van der Waals surface area (Å²) in [5.41, 5.74) is -0.656. The molecule has 0 aromatic carbocycles. The number of hydrogen-bond acceptors (Lipinski definition) is 4. The third kappa shape index (κ3) is 3.20. The molecule has 5 nitrogen and oxygen atoms in total. The van der Waals surface area contributed by atoms with Gasteiger partial charge in [0.05, 0.1) is 7.45 Å². The Morgan fingerprint density at radius 3 is 2.52 bits per heavy atom. The van der Waals surface area contributed by atoms with Crippen LogP contribution in [0.4, 0.5) is 0 Å². The lowest BCUT2D eigenvalue weighted by Crippen LogP contribution is -2.54. The van der Waals surface area contributed by atoms with E-state index in [1.165, 1.54) is 0 Å². The Balaban J connectivity index is 1.66. The first-order valence-electron chi connectivity index (χ1n) is 11.8. The third-order valence-electron chi connectivity index (χ3n) is 8.68. The average Bonchev–Trinajstić information content (AvgIpc) is 2.89. The van der Waals surface area contributed by atoms with Crippen LogP contribution < -0.4 is 0 Å². The van der Waals surface area contributed by atoms with Gasteiger partial charge in [-0.1, -0.05) is 13.8 Å². The molecule has 6 heteroatoms. The maximum absolute atomic E-state index is 12.3. The van der Waals surface area contributed by atoms with Gasteiger partial charge in [-0.3, -0.25) is 9.35 Å². The molecule has 4 aliphatic rings. The molecule has 8 atom stereocenters. The first-order chi connectivity index (χ1) is 13.6. The Kier molecular flexibility index (Phi) is 3.95. The molecule has 0 aromatic heterocycles. The topological polar surface area (TPSA) is 80.7 Å². The maximum Gasteiger partial charge on any atom is 0.397 e. The Bertz CT molecular complexity index is 848. The second kappa shape index (κ2) is 6.53. The second-order valence-corrected chi connectivity index (χ2v) is 10.9. The van der Waals surface area contributed by atoms with Gasteiger partial charge < -0.3 is 0 Å². The standard InChI is InChI=1S/C21H34O5S/c1-13(22)17-6-7-18-16-5-4-14-12-15(26-27(23,24)25)8-10-20(14,2)19(16)9-11-21(17,18)3/h14-19H,4-12H2,1-3H3,(H,23,24,25)/t14-,15+,16-,17+,18-,19-,20-,21+/m0/s1/i9D2,15D. The first kappa shape index (κ1) is 16.3. The molecular formula is C21H34O5S. The van der Waals surface area contributed by atoms with Crippen molar-refractivity contribution in [2.45, 2.75) is 84.6 Å². The molecule has 4 saturated carbocycles. The molecule has 4 fully saturated rings. The Hall–Kier alpha value is -0.460. The minimum absolute atomic E-state index is 0.0313. The van der Waals surface area contributed by atoms with Gasteiger partial charge in [0.2, 0.25) is 0 Å². The molecular weight excluding hydrogens is 364 g/mol. The van der Waals surface area contributed by atoms with Crippen molar-refractivity contribution in [3.05, 3.63) is 0 Å². The fraction of sp³-hybridized carbons (Fsp3) is 0.952. The Labute approximate surface area is 167 Å². The summed E-state index contributed by atoms with van der Waals surface area (Å²) in [5.74, 6) is 0.423. The van der Waals surface area contributed by atoms with Crippen molar-refractivity contribution in [3.8, 4) is 0 Å². The zero-order valence-electron chi connectivity index (χ0n) is 19.5. The van der Waals surface area contributed by atoms with Crippen LogP contribution in [0.15, 0.2) is 0 Å². The van der Waals surface area contributed by atoms with E-state index in [-0.39, 0.29) is 53.1 Å². The van der Waals surface area contributed by atoms with E-state index >= 15 is 0 Å². The molecule has 0 spiro atoms. The van der Waals surface area contributed by atoms with Crippen molar-refractivity contribution in [3.63, 3.8) is 0 Å². The average molecular weight is 402 g/mol. The second-order valence-electron chi connectivity index (χ2n) is 9.91. The molecule has 4 aliphatic carbocycles. The largest absolute Gasteiger partial charge is 0.397 e. The molecule has 4 rings (SSSR count). The monoisotopic (exact) mass is 401 g/mol. The SMILES string of the molecule is [2H]C1([2H])C[C@]2(C)[C@@H](C(C)=O)CC[C@H]2[C@@H]2CC[C@H]3C[C@]([2H])(OS(=O)(=O)O)CC[C@]3(C)[C@H]21. The van der Waals surface area contributed by atoms with Gasteiger partial charge in [0.25, 0.3) is 0 Å². The maximum atomic E-state index is 12.3. The Morgan fingerprint density at radius 1 is 1.11 bits per heavy atom. The number of fused-ring (bicyclic) bond motifs is 5. The molecule has 1 N–H and O–H groups in total. The summed E-state index contributed by atoms with van der Waals surface area (Å²) in [6.07, 6.45) is 1.53. The lowest BCUT2D eigenvalue weighted by Gasteiger charge is -2.61. The van der Waals surface area contributed by atoms with Crippen molar-refractivity contribution < 1.29 is 26.1 Å². The van der Waals surface area contributed by atoms with E-state index in [2.05, 4.69) is 13.8 Å². The smallest absolute Gasteiger partial charge is 0.300 e. The van der Waals surface area contributed by atoms with Gasteiger partial charge in [0.1, 0.15) is 5.78 Å². The summed E-state index contributed by atoms with van der Waals surface area (Å²) in [4.78, 5) is 12.3. The lowest BCUT2D eigenvalue weighted by molar-refractivity contribution is -0.137. The number of carbonyl (C=O) groups is 1. The van der Waals surface area contributed by atoms with E-state index in [1.54, 1.807) is 6.92 Å². The zero-order chi connectivity index (χ0) is 22.3. The van der Waals surface area contributed by atoms with Crippen LogP contribution in [0.25, 0.3) is 0 Å². The number of hydrogen-bond donors (Lipinski definition) is 1. The summed E-state index contributed by atoms with van der Waals surface area (Å²) in [7, 11) is -4.71. The number of ketones is 1. The number of Topliss-reactive ketones (excluding diaryl/α,β-unsaturated/α-hetero) is 1. The van der Waals surface area contributed by atoms with Gasteiger partial charge in [-0.05, 0) is 99.2 Å². The van der Waals surface area contributed by atoms with Crippen LogP contribution >= 0.6 is 0 Å². The van der Waals surface area contributed by atoms with Crippen molar-refractivity contribution >= 4 is 16.2 Å². The summed E-state index contributed by atoms with van der Waals surface area (Å²) in [6.45, 7) is 5.87. The molecule has 0 heterocycles. The normalized spacial score (nSPS) is 56.0. The van der Waals surface area contributed by atoms with Gasteiger partial charge in [-0.2, -0.15) is 8.42 Å². The number of carbonyl (C=O) groups excluding carboxylic acids is 1. The van der Waals surface area contributed by atoms with Gasteiger partial charge >= 0.3 is 10.4 Å². The summed E-state index contributed by atoms with van der Waals surface area (Å²) in [5, 5.41) is 0. The highest BCUT2D eigenvalue weighted by molar-refractivity contribution is 7.80. The van der Waals surface area contributed by atoms with Gasteiger partial charge in [-0.25, -0.2) is 4.18 Å². The number of rotatable bonds is 3.